The van der Waals surface area contributed by atoms with E-state index >= 15 is 0 Å². The van der Waals surface area contributed by atoms with Crippen molar-refractivity contribution in [3.8, 4) is 0 Å². The number of hydrogen-bond donors (Lipinski definition) is 1. The van der Waals surface area contributed by atoms with Crippen molar-refractivity contribution >= 4 is 32.3 Å². The molecule has 1 fully saturated rings. The van der Waals surface area contributed by atoms with Gasteiger partial charge in [-0.3, -0.25) is 4.79 Å². The quantitative estimate of drug-likeness (QED) is 0.754. The van der Waals surface area contributed by atoms with E-state index in [0.29, 0.717) is 37.0 Å². The first-order chi connectivity index (χ1) is 12.4. The second-order valence-electron chi connectivity index (χ2n) is 5.98. The Morgan fingerprint density at radius 3 is 2.69 bits per heavy atom. The maximum atomic E-state index is 12.7. The molecule has 1 saturated heterocycles. The summed E-state index contributed by atoms with van der Waals surface area (Å²) in [6.07, 6.45) is 0. The van der Waals surface area contributed by atoms with Crippen molar-refractivity contribution in [2.75, 3.05) is 38.2 Å². The van der Waals surface area contributed by atoms with Crippen LogP contribution in [0, 0.1) is 13.8 Å². The molecule has 9 heteroatoms. The molecule has 0 atom stereocenters. The highest BCUT2D eigenvalue weighted by atomic mass is 32.2. The zero-order valence-corrected chi connectivity index (χ0v) is 16.3. The molecule has 0 spiro atoms. The number of benzene rings is 1. The van der Waals surface area contributed by atoms with Crippen LogP contribution in [0.3, 0.4) is 0 Å². The van der Waals surface area contributed by atoms with Gasteiger partial charge in [0, 0.05) is 23.5 Å². The van der Waals surface area contributed by atoms with Gasteiger partial charge in [-0.15, -0.1) is 11.3 Å². The van der Waals surface area contributed by atoms with Gasteiger partial charge in [0.05, 0.1) is 30.3 Å². The lowest BCUT2D eigenvalue weighted by atomic mass is 10.1. The van der Waals surface area contributed by atoms with Gasteiger partial charge in [-0.25, -0.2) is 13.4 Å². The van der Waals surface area contributed by atoms with E-state index in [0.717, 1.165) is 10.6 Å². The molecule has 1 aromatic heterocycles. The van der Waals surface area contributed by atoms with Gasteiger partial charge in [0.2, 0.25) is 10.0 Å². The van der Waals surface area contributed by atoms with E-state index in [9.17, 15) is 13.2 Å². The lowest BCUT2D eigenvalue weighted by molar-refractivity contribution is 0.0730. The molecule has 0 unspecified atom stereocenters. The minimum Gasteiger partial charge on any atom is -0.379 e. The molecule has 0 radical (unpaired) electrons. The number of thiazole rings is 1. The van der Waals surface area contributed by atoms with Gasteiger partial charge in [0.1, 0.15) is 0 Å². The number of nitrogens with zero attached hydrogens (tertiary/aromatic N) is 2. The maximum Gasteiger partial charge on any atom is 0.243 e. The van der Waals surface area contributed by atoms with Gasteiger partial charge in [0.25, 0.3) is 0 Å². The Kier molecular flexibility index (Phi) is 5.71. The SMILES string of the molecule is Cc1nc(NCC(=O)c2cccc(S(=O)(=O)N3CCOCC3)c2)sc1C. The van der Waals surface area contributed by atoms with E-state index in [2.05, 4.69) is 10.3 Å². The first kappa shape index (κ1) is 19.0. The smallest absolute Gasteiger partial charge is 0.243 e. The van der Waals surface area contributed by atoms with Crippen molar-refractivity contribution in [2.24, 2.45) is 0 Å². The molecule has 0 saturated carbocycles. The van der Waals surface area contributed by atoms with Gasteiger partial charge >= 0.3 is 0 Å². The van der Waals surface area contributed by atoms with E-state index in [1.165, 1.54) is 27.8 Å². The largest absolute Gasteiger partial charge is 0.379 e. The summed E-state index contributed by atoms with van der Waals surface area (Å²) in [4.78, 5) is 18.0. The van der Waals surface area contributed by atoms with Crippen LogP contribution in [-0.2, 0) is 14.8 Å². The van der Waals surface area contributed by atoms with E-state index in [1.54, 1.807) is 12.1 Å². The van der Waals surface area contributed by atoms with Crippen LogP contribution in [0.1, 0.15) is 20.9 Å². The number of sulfonamides is 1. The molecule has 0 amide bonds. The summed E-state index contributed by atoms with van der Waals surface area (Å²) in [5.41, 5.74) is 1.29. The number of aryl methyl sites for hydroxylation is 2. The Balaban J connectivity index is 1.72. The summed E-state index contributed by atoms with van der Waals surface area (Å²) in [6.45, 7) is 5.37. The third-order valence-electron chi connectivity index (χ3n) is 4.19. The minimum absolute atomic E-state index is 0.0629. The van der Waals surface area contributed by atoms with Crippen molar-refractivity contribution in [1.82, 2.24) is 9.29 Å². The van der Waals surface area contributed by atoms with Gasteiger partial charge in [-0.1, -0.05) is 12.1 Å². The first-order valence-corrected chi connectivity index (χ1v) is 10.5. The summed E-state index contributed by atoms with van der Waals surface area (Å²) in [5, 5.41) is 3.69. The molecule has 1 aliphatic heterocycles. The second-order valence-corrected chi connectivity index (χ2v) is 9.12. The fourth-order valence-electron chi connectivity index (χ4n) is 2.57. The van der Waals surface area contributed by atoms with Gasteiger partial charge < -0.3 is 10.1 Å². The normalized spacial score (nSPS) is 15.8. The molecule has 1 N–H and O–H groups in total. The van der Waals surface area contributed by atoms with Gasteiger partial charge in [0.15, 0.2) is 10.9 Å². The molecule has 0 bridgehead atoms. The highest BCUT2D eigenvalue weighted by molar-refractivity contribution is 7.89. The van der Waals surface area contributed by atoms with E-state index < -0.39 is 10.0 Å². The van der Waals surface area contributed by atoms with Crippen molar-refractivity contribution in [3.05, 3.63) is 40.4 Å². The molecule has 0 aliphatic carbocycles. The van der Waals surface area contributed by atoms with Crippen LogP contribution in [0.5, 0.6) is 0 Å². The lowest BCUT2D eigenvalue weighted by Crippen LogP contribution is -2.40. The zero-order chi connectivity index (χ0) is 18.7. The average molecular weight is 396 g/mol. The summed E-state index contributed by atoms with van der Waals surface area (Å²) < 4.78 is 32.0. The van der Waals surface area contributed by atoms with Crippen LogP contribution >= 0.6 is 11.3 Å². The lowest BCUT2D eigenvalue weighted by Gasteiger charge is -2.26. The third-order valence-corrected chi connectivity index (χ3v) is 7.12. The summed E-state index contributed by atoms with van der Waals surface area (Å²) in [5.74, 6) is -0.186. The summed E-state index contributed by atoms with van der Waals surface area (Å²) in [7, 11) is -3.62. The fourth-order valence-corrected chi connectivity index (χ4v) is 4.84. The Bertz CT molecular complexity index is 883. The molecular formula is C17H21N3O4S2. The molecule has 3 rings (SSSR count). The topological polar surface area (TPSA) is 88.6 Å². The van der Waals surface area contributed by atoms with Crippen molar-refractivity contribution in [3.63, 3.8) is 0 Å². The van der Waals surface area contributed by atoms with Crippen LogP contribution in [0.15, 0.2) is 29.2 Å². The number of Topliss-reactive ketones (excluding diaryl/α,β-unsaturated/α-hetero) is 1. The fraction of sp³-hybridized carbons (Fsp3) is 0.412. The number of hydrogen-bond acceptors (Lipinski definition) is 7. The predicted molar refractivity (Wildman–Crippen MR) is 100 cm³/mol. The molecule has 1 aliphatic rings. The van der Waals surface area contributed by atoms with Crippen LogP contribution in [0.25, 0.3) is 0 Å². The number of aromatic nitrogens is 1. The molecular weight excluding hydrogens is 374 g/mol. The standard InChI is InChI=1S/C17H21N3O4S2/c1-12-13(2)25-17(19-12)18-11-16(21)14-4-3-5-15(10-14)26(22,23)20-6-8-24-9-7-20/h3-5,10H,6-9,11H2,1-2H3,(H,18,19). The zero-order valence-electron chi connectivity index (χ0n) is 14.7. The molecule has 7 nitrogen and oxygen atoms in total. The number of morpholine rings is 1. The Labute approximate surface area is 157 Å². The molecule has 26 heavy (non-hydrogen) atoms. The second kappa shape index (κ2) is 7.83. The molecule has 2 heterocycles. The molecule has 140 valence electrons. The van der Waals surface area contributed by atoms with Crippen LogP contribution in [0.4, 0.5) is 5.13 Å². The average Bonchev–Trinajstić information content (AvgIpc) is 2.98. The van der Waals surface area contributed by atoms with Crippen LogP contribution < -0.4 is 5.32 Å². The van der Waals surface area contributed by atoms with E-state index in [1.807, 2.05) is 13.8 Å². The molecule has 2 aromatic rings. The van der Waals surface area contributed by atoms with Crippen LogP contribution in [-0.4, -0.2) is 56.3 Å². The monoisotopic (exact) mass is 395 g/mol. The number of carbonyl (C=O) groups excluding carboxylic acids is 1. The predicted octanol–water partition coefficient (Wildman–Crippen LogP) is 2.08. The van der Waals surface area contributed by atoms with Crippen LogP contribution in [0.2, 0.25) is 0 Å². The number of carbonyl (C=O) groups is 1. The Morgan fingerprint density at radius 1 is 1.31 bits per heavy atom. The highest BCUT2D eigenvalue weighted by Crippen LogP contribution is 2.22. The summed E-state index contributed by atoms with van der Waals surface area (Å²) in [6, 6.07) is 6.18. The van der Waals surface area contributed by atoms with E-state index in [4.69, 9.17) is 4.74 Å². The van der Waals surface area contributed by atoms with E-state index in [-0.39, 0.29) is 17.2 Å². The Morgan fingerprint density at radius 2 is 2.04 bits per heavy atom. The Hall–Kier alpha value is -1.81. The number of anilines is 1. The minimum atomic E-state index is -3.62. The maximum absolute atomic E-state index is 12.7. The molecule has 1 aromatic carbocycles. The van der Waals surface area contributed by atoms with Crippen molar-refractivity contribution in [2.45, 2.75) is 18.7 Å². The van der Waals surface area contributed by atoms with Gasteiger partial charge in [-0.05, 0) is 26.0 Å². The van der Waals surface area contributed by atoms with Gasteiger partial charge in [-0.2, -0.15) is 4.31 Å². The number of ether oxygens (including phenoxy) is 1. The van der Waals surface area contributed by atoms with Crippen molar-refractivity contribution in [1.29, 1.82) is 0 Å². The number of ketones is 1. The third kappa shape index (κ3) is 4.12. The number of nitrogens with one attached hydrogen (secondary N) is 1. The number of rotatable bonds is 6. The first-order valence-electron chi connectivity index (χ1n) is 8.27. The summed E-state index contributed by atoms with van der Waals surface area (Å²) >= 11 is 1.49. The van der Waals surface area contributed by atoms with Crippen molar-refractivity contribution < 1.29 is 17.9 Å². The highest BCUT2D eigenvalue weighted by Gasteiger charge is 2.26.